The van der Waals surface area contributed by atoms with E-state index in [1.807, 2.05) is 31.4 Å². The Bertz CT molecular complexity index is 930. The molecule has 0 aliphatic carbocycles. The highest BCUT2D eigenvalue weighted by atomic mass is 16.2. The van der Waals surface area contributed by atoms with Crippen molar-refractivity contribution in [2.24, 2.45) is 7.05 Å². The Morgan fingerprint density at radius 3 is 2.70 bits per heavy atom. The number of nitrogens with one attached hydrogen (secondary N) is 1. The fourth-order valence-corrected chi connectivity index (χ4v) is 3.49. The summed E-state index contributed by atoms with van der Waals surface area (Å²) in [5.41, 5.74) is 1.85. The van der Waals surface area contributed by atoms with Crippen LogP contribution in [0, 0.1) is 0 Å². The highest BCUT2D eigenvalue weighted by Gasteiger charge is 2.22. The molecule has 2 aromatic heterocycles. The lowest BCUT2D eigenvalue weighted by Crippen LogP contribution is -2.28. The highest BCUT2D eigenvalue weighted by molar-refractivity contribution is 5.95. The minimum atomic E-state index is -0.240. The van der Waals surface area contributed by atoms with Crippen molar-refractivity contribution in [3.63, 3.8) is 0 Å². The van der Waals surface area contributed by atoms with E-state index in [2.05, 4.69) is 37.4 Å². The number of benzene rings is 1. The fraction of sp³-hybridized carbons (Fsp3) is 0.400. The summed E-state index contributed by atoms with van der Waals surface area (Å²) in [7, 11) is 1.86. The summed E-state index contributed by atoms with van der Waals surface area (Å²) in [6, 6.07) is 10.3. The number of nitrogens with zero attached hydrogens (tertiary/aromatic N) is 5. The SMILES string of the molecule is Cn1cc2c(N3CCCC3)nc(C(=O)NCCCc3ccccc3)nc2n1. The van der Waals surface area contributed by atoms with E-state index in [1.54, 1.807) is 4.68 Å². The van der Waals surface area contributed by atoms with Crippen LogP contribution in [0.2, 0.25) is 0 Å². The van der Waals surface area contributed by atoms with Crippen LogP contribution < -0.4 is 10.2 Å². The number of fused-ring (bicyclic) bond motifs is 1. The lowest BCUT2D eigenvalue weighted by molar-refractivity contribution is 0.0943. The van der Waals surface area contributed by atoms with Gasteiger partial charge in [-0.2, -0.15) is 5.10 Å². The molecule has 1 aliphatic heterocycles. The van der Waals surface area contributed by atoms with Gasteiger partial charge in [-0.1, -0.05) is 30.3 Å². The molecule has 0 bridgehead atoms. The minimum absolute atomic E-state index is 0.197. The molecule has 0 radical (unpaired) electrons. The molecule has 0 saturated carbocycles. The van der Waals surface area contributed by atoms with Gasteiger partial charge in [-0.15, -0.1) is 0 Å². The van der Waals surface area contributed by atoms with Crippen molar-refractivity contribution in [2.45, 2.75) is 25.7 Å². The molecule has 1 N–H and O–H groups in total. The Hall–Kier alpha value is -2.96. The van der Waals surface area contributed by atoms with Crippen molar-refractivity contribution < 1.29 is 4.79 Å². The number of amides is 1. The number of carbonyl (C=O) groups excluding carboxylic acids is 1. The van der Waals surface area contributed by atoms with Crippen molar-refractivity contribution in [3.8, 4) is 0 Å². The first kappa shape index (κ1) is 17.5. The topological polar surface area (TPSA) is 75.9 Å². The zero-order valence-electron chi connectivity index (χ0n) is 15.6. The van der Waals surface area contributed by atoms with Crippen molar-refractivity contribution >= 4 is 22.8 Å². The first-order valence-electron chi connectivity index (χ1n) is 9.49. The molecule has 7 heteroatoms. The predicted molar refractivity (Wildman–Crippen MR) is 105 cm³/mol. The van der Waals surface area contributed by atoms with Crippen LogP contribution in [0.4, 0.5) is 5.82 Å². The molecule has 3 aromatic rings. The van der Waals surface area contributed by atoms with Crippen LogP contribution in [0.3, 0.4) is 0 Å². The van der Waals surface area contributed by atoms with Gasteiger partial charge in [0.15, 0.2) is 5.65 Å². The van der Waals surface area contributed by atoms with Crippen LogP contribution in [0.5, 0.6) is 0 Å². The molecule has 140 valence electrons. The number of aromatic nitrogens is 4. The molecule has 1 saturated heterocycles. The van der Waals surface area contributed by atoms with E-state index in [0.29, 0.717) is 12.2 Å². The van der Waals surface area contributed by atoms with Crippen LogP contribution in [0.1, 0.15) is 35.4 Å². The van der Waals surface area contributed by atoms with Crippen molar-refractivity contribution in [2.75, 3.05) is 24.5 Å². The van der Waals surface area contributed by atoms with E-state index in [4.69, 9.17) is 0 Å². The molecule has 0 atom stereocenters. The molecule has 1 aromatic carbocycles. The summed E-state index contributed by atoms with van der Waals surface area (Å²) in [6.07, 6.45) is 6.02. The summed E-state index contributed by atoms with van der Waals surface area (Å²) in [5, 5.41) is 8.23. The maximum atomic E-state index is 12.6. The van der Waals surface area contributed by atoms with Crippen molar-refractivity contribution in [1.82, 2.24) is 25.1 Å². The smallest absolute Gasteiger partial charge is 0.289 e. The first-order valence-corrected chi connectivity index (χ1v) is 9.49. The maximum Gasteiger partial charge on any atom is 0.289 e. The summed E-state index contributed by atoms with van der Waals surface area (Å²) in [5.74, 6) is 0.777. The quantitative estimate of drug-likeness (QED) is 0.680. The Morgan fingerprint density at radius 1 is 1.15 bits per heavy atom. The van der Waals surface area contributed by atoms with E-state index < -0.39 is 0 Å². The molecule has 1 amide bonds. The van der Waals surface area contributed by atoms with Crippen molar-refractivity contribution in [1.29, 1.82) is 0 Å². The van der Waals surface area contributed by atoms with Crippen LogP contribution in [0.25, 0.3) is 11.0 Å². The van der Waals surface area contributed by atoms with Gasteiger partial charge in [-0.3, -0.25) is 9.48 Å². The van der Waals surface area contributed by atoms with E-state index in [-0.39, 0.29) is 11.7 Å². The Kier molecular flexibility index (Phi) is 5.00. The monoisotopic (exact) mass is 364 g/mol. The molecule has 1 fully saturated rings. The number of aryl methyl sites for hydroxylation is 2. The zero-order chi connectivity index (χ0) is 18.6. The molecule has 0 unspecified atom stereocenters. The average molecular weight is 364 g/mol. The van der Waals surface area contributed by atoms with Gasteiger partial charge in [0.05, 0.1) is 5.39 Å². The molecule has 3 heterocycles. The Labute approximate surface area is 158 Å². The second-order valence-corrected chi connectivity index (χ2v) is 6.95. The summed E-state index contributed by atoms with van der Waals surface area (Å²) >= 11 is 0. The molecule has 4 rings (SSSR count). The molecule has 7 nitrogen and oxygen atoms in total. The number of anilines is 1. The molecule has 0 spiro atoms. The number of hydrogen-bond donors (Lipinski definition) is 1. The second kappa shape index (κ2) is 7.73. The van der Waals surface area contributed by atoms with Gasteiger partial charge in [-0.05, 0) is 31.2 Å². The first-order chi connectivity index (χ1) is 13.2. The second-order valence-electron chi connectivity index (χ2n) is 6.95. The molecule has 27 heavy (non-hydrogen) atoms. The standard InChI is InChI=1S/C20H24N6O/c1-25-14-16-17(24-25)22-18(23-19(16)26-12-5-6-13-26)20(27)21-11-7-10-15-8-3-2-4-9-15/h2-4,8-9,14H,5-7,10-13H2,1H3,(H,21,27). The van der Waals surface area contributed by atoms with E-state index >= 15 is 0 Å². The largest absolute Gasteiger partial charge is 0.356 e. The third kappa shape index (κ3) is 3.92. The normalized spacial score (nSPS) is 14.0. The van der Waals surface area contributed by atoms with Crippen LogP contribution in [-0.4, -0.2) is 45.3 Å². The summed E-state index contributed by atoms with van der Waals surface area (Å²) in [4.78, 5) is 23.8. The summed E-state index contributed by atoms with van der Waals surface area (Å²) < 4.78 is 1.72. The van der Waals surface area contributed by atoms with Gasteiger partial charge >= 0.3 is 0 Å². The fourth-order valence-electron chi connectivity index (χ4n) is 3.49. The molecular formula is C20H24N6O. The van der Waals surface area contributed by atoms with Gasteiger partial charge in [0.2, 0.25) is 5.82 Å². The van der Waals surface area contributed by atoms with E-state index in [1.165, 1.54) is 5.56 Å². The Balaban J connectivity index is 1.46. The van der Waals surface area contributed by atoms with E-state index in [9.17, 15) is 4.79 Å². The minimum Gasteiger partial charge on any atom is -0.356 e. The van der Waals surface area contributed by atoms with Crippen molar-refractivity contribution in [3.05, 3.63) is 47.9 Å². The highest BCUT2D eigenvalue weighted by Crippen LogP contribution is 2.26. The van der Waals surface area contributed by atoms with Crippen LogP contribution in [-0.2, 0) is 13.5 Å². The Morgan fingerprint density at radius 2 is 1.93 bits per heavy atom. The number of hydrogen-bond acceptors (Lipinski definition) is 5. The van der Waals surface area contributed by atoms with Gasteiger partial charge in [0, 0.05) is 32.9 Å². The third-order valence-corrected chi connectivity index (χ3v) is 4.85. The predicted octanol–water partition coefficient (Wildman–Crippen LogP) is 2.33. The third-order valence-electron chi connectivity index (χ3n) is 4.85. The lowest BCUT2D eigenvalue weighted by Gasteiger charge is -2.17. The molecular weight excluding hydrogens is 340 g/mol. The average Bonchev–Trinajstić information content (AvgIpc) is 3.33. The zero-order valence-corrected chi connectivity index (χ0v) is 15.6. The van der Waals surface area contributed by atoms with Gasteiger partial charge in [0.1, 0.15) is 5.82 Å². The van der Waals surface area contributed by atoms with Gasteiger partial charge in [0.25, 0.3) is 5.91 Å². The van der Waals surface area contributed by atoms with E-state index in [0.717, 1.165) is 50.0 Å². The van der Waals surface area contributed by atoms with Gasteiger partial charge < -0.3 is 10.2 Å². The molecule has 1 aliphatic rings. The maximum absolute atomic E-state index is 12.6. The number of carbonyl (C=O) groups is 1. The van der Waals surface area contributed by atoms with Gasteiger partial charge in [-0.25, -0.2) is 9.97 Å². The lowest BCUT2D eigenvalue weighted by atomic mass is 10.1. The van der Waals surface area contributed by atoms with Crippen LogP contribution >= 0.6 is 0 Å². The van der Waals surface area contributed by atoms with Crippen LogP contribution in [0.15, 0.2) is 36.5 Å². The number of rotatable bonds is 6. The summed E-state index contributed by atoms with van der Waals surface area (Å²) in [6.45, 7) is 2.51.